The molecule has 0 radical (unpaired) electrons. The Hall–Kier alpha value is -1.27. The number of piperidine rings is 1. The molecule has 0 saturated carbocycles. The highest BCUT2D eigenvalue weighted by Crippen LogP contribution is 2.36. The van der Waals surface area contributed by atoms with Crippen molar-refractivity contribution in [3.05, 3.63) is 18.2 Å². The van der Waals surface area contributed by atoms with Crippen molar-refractivity contribution in [3.8, 4) is 0 Å². The van der Waals surface area contributed by atoms with Crippen LogP contribution in [-0.2, 0) is 4.79 Å². The fraction of sp³-hybridized carbons (Fsp3) is 0.556. The van der Waals surface area contributed by atoms with E-state index in [9.17, 15) is 4.79 Å². The lowest BCUT2D eigenvalue weighted by molar-refractivity contribution is -0.135. The zero-order valence-corrected chi connectivity index (χ0v) is 15.7. The Balaban J connectivity index is 1.49. The lowest BCUT2D eigenvalue weighted by Crippen LogP contribution is -2.40. The van der Waals surface area contributed by atoms with Crippen molar-refractivity contribution in [2.75, 3.05) is 37.3 Å². The van der Waals surface area contributed by atoms with Crippen molar-refractivity contribution in [2.24, 2.45) is 5.92 Å². The maximum atomic E-state index is 12.7. The normalized spacial score (nSPS) is 21.6. The summed E-state index contributed by atoms with van der Waals surface area (Å²) < 4.78 is 1.24. The van der Waals surface area contributed by atoms with Gasteiger partial charge in [0.15, 0.2) is 5.13 Å². The number of thioether (sulfide) groups is 1. The number of carbonyl (C=O) groups excluding carboxylic acids is 1. The summed E-state index contributed by atoms with van der Waals surface area (Å²) in [5, 5.41) is 1.07. The number of likely N-dealkylation sites (tertiary alicyclic amines) is 1. The molecule has 0 spiro atoms. The number of benzene rings is 1. The third kappa shape index (κ3) is 3.02. The molecule has 1 aromatic heterocycles. The number of thiazole rings is 1. The Morgan fingerprint density at radius 1 is 1.25 bits per heavy atom. The van der Waals surface area contributed by atoms with E-state index < -0.39 is 0 Å². The number of nitrogens with zero attached hydrogens (tertiary/aromatic N) is 3. The first-order valence-corrected chi connectivity index (χ1v) is 10.8. The Labute approximate surface area is 151 Å². The zero-order chi connectivity index (χ0) is 16.5. The van der Waals surface area contributed by atoms with Gasteiger partial charge in [-0.25, -0.2) is 4.98 Å². The molecule has 0 N–H and O–H groups in total. The third-order valence-corrected chi connectivity index (χ3v) is 6.92. The molecule has 4 rings (SSSR count). The van der Waals surface area contributed by atoms with Crippen molar-refractivity contribution < 1.29 is 4.79 Å². The van der Waals surface area contributed by atoms with Crippen LogP contribution in [0, 0.1) is 5.92 Å². The van der Waals surface area contributed by atoms with Crippen molar-refractivity contribution in [3.63, 3.8) is 0 Å². The second-order valence-corrected chi connectivity index (χ2v) is 8.48. The van der Waals surface area contributed by atoms with Crippen molar-refractivity contribution in [1.29, 1.82) is 0 Å². The minimum Gasteiger partial charge on any atom is -0.347 e. The molecule has 6 heteroatoms. The average molecular weight is 362 g/mol. The standard InChI is InChI=1S/C18H23N3OS2/c1-23-14-6-5-7-15-16(14)19-18(24-15)21-11-8-13(12-21)17(22)20-9-3-2-4-10-20/h5-7,13H,2-4,8-12H2,1H3. The maximum absolute atomic E-state index is 12.7. The molecule has 2 fully saturated rings. The number of aromatic nitrogens is 1. The summed E-state index contributed by atoms with van der Waals surface area (Å²) in [5.74, 6) is 0.512. The van der Waals surface area contributed by atoms with Gasteiger partial charge in [-0.15, -0.1) is 11.8 Å². The van der Waals surface area contributed by atoms with Gasteiger partial charge in [0.05, 0.1) is 16.1 Å². The molecule has 1 aromatic carbocycles. The fourth-order valence-corrected chi connectivity index (χ4v) is 5.38. The number of hydrogen-bond donors (Lipinski definition) is 0. The van der Waals surface area contributed by atoms with E-state index in [1.54, 1.807) is 23.1 Å². The van der Waals surface area contributed by atoms with Crippen LogP contribution in [0.5, 0.6) is 0 Å². The van der Waals surface area contributed by atoms with Crippen LogP contribution in [0.25, 0.3) is 10.2 Å². The Bertz CT molecular complexity index is 739. The topological polar surface area (TPSA) is 36.4 Å². The number of amides is 1. The van der Waals surface area contributed by atoms with E-state index in [0.29, 0.717) is 5.91 Å². The van der Waals surface area contributed by atoms with E-state index in [-0.39, 0.29) is 5.92 Å². The summed E-state index contributed by atoms with van der Waals surface area (Å²) in [5.41, 5.74) is 1.11. The minimum absolute atomic E-state index is 0.148. The van der Waals surface area contributed by atoms with Crippen LogP contribution in [0.15, 0.2) is 23.1 Å². The zero-order valence-electron chi connectivity index (χ0n) is 14.0. The fourth-order valence-electron chi connectivity index (χ4n) is 3.72. The van der Waals surface area contributed by atoms with Crippen LogP contribution in [-0.4, -0.2) is 48.2 Å². The molecule has 4 nitrogen and oxygen atoms in total. The Kier molecular flexibility index (Phi) is 4.68. The summed E-state index contributed by atoms with van der Waals surface area (Å²) in [6, 6.07) is 6.37. The molecule has 0 aliphatic carbocycles. The second kappa shape index (κ2) is 6.92. The maximum Gasteiger partial charge on any atom is 0.227 e. The van der Waals surface area contributed by atoms with Gasteiger partial charge < -0.3 is 9.80 Å². The van der Waals surface area contributed by atoms with Gasteiger partial charge in [-0.1, -0.05) is 17.4 Å². The quantitative estimate of drug-likeness (QED) is 0.778. The van der Waals surface area contributed by atoms with Gasteiger partial charge in [-0.2, -0.15) is 0 Å². The van der Waals surface area contributed by atoms with E-state index in [2.05, 4.69) is 34.3 Å². The molecule has 0 bridgehead atoms. The molecule has 128 valence electrons. The molecule has 2 aromatic rings. The van der Waals surface area contributed by atoms with Crippen LogP contribution < -0.4 is 4.90 Å². The minimum atomic E-state index is 0.148. The number of hydrogen-bond acceptors (Lipinski definition) is 5. The van der Waals surface area contributed by atoms with Crippen LogP contribution in [0.2, 0.25) is 0 Å². The second-order valence-electron chi connectivity index (χ2n) is 6.62. The summed E-state index contributed by atoms with van der Waals surface area (Å²) in [6.45, 7) is 3.67. The molecule has 1 unspecified atom stereocenters. The largest absolute Gasteiger partial charge is 0.347 e. The molecule has 1 amide bonds. The van der Waals surface area contributed by atoms with Gasteiger partial charge in [-0.3, -0.25) is 4.79 Å². The van der Waals surface area contributed by atoms with Crippen LogP contribution >= 0.6 is 23.1 Å². The number of fused-ring (bicyclic) bond motifs is 1. The van der Waals surface area contributed by atoms with Crippen molar-refractivity contribution in [1.82, 2.24) is 9.88 Å². The number of anilines is 1. The van der Waals surface area contributed by atoms with Crippen LogP contribution in [0.1, 0.15) is 25.7 Å². The van der Waals surface area contributed by atoms with Crippen LogP contribution in [0.3, 0.4) is 0 Å². The third-order valence-electron chi connectivity index (χ3n) is 5.07. The molecule has 2 saturated heterocycles. The van der Waals surface area contributed by atoms with E-state index >= 15 is 0 Å². The summed E-state index contributed by atoms with van der Waals surface area (Å²) >= 11 is 3.49. The smallest absolute Gasteiger partial charge is 0.227 e. The molecule has 24 heavy (non-hydrogen) atoms. The highest BCUT2D eigenvalue weighted by molar-refractivity contribution is 7.98. The van der Waals surface area contributed by atoms with E-state index in [1.807, 2.05) is 0 Å². The number of rotatable bonds is 3. The van der Waals surface area contributed by atoms with Gasteiger partial charge in [0, 0.05) is 31.1 Å². The monoisotopic (exact) mass is 361 g/mol. The van der Waals surface area contributed by atoms with Gasteiger partial charge >= 0.3 is 0 Å². The molecule has 3 heterocycles. The van der Waals surface area contributed by atoms with Gasteiger partial charge in [0.25, 0.3) is 0 Å². The number of para-hydroxylation sites is 1. The summed E-state index contributed by atoms with van der Waals surface area (Å²) in [7, 11) is 0. The number of carbonyl (C=O) groups is 1. The predicted molar refractivity (Wildman–Crippen MR) is 102 cm³/mol. The average Bonchev–Trinajstić information content (AvgIpc) is 3.28. The van der Waals surface area contributed by atoms with Crippen LogP contribution in [0.4, 0.5) is 5.13 Å². The first kappa shape index (κ1) is 16.2. The van der Waals surface area contributed by atoms with Crippen molar-refractivity contribution >= 4 is 44.4 Å². The Morgan fingerprint density at radius 2 is 2.08 bits per heavy atom. The first-order chi connectivity index (χ1) is 11.8. The highest BCUT2D eigenvalue weighted by atomic mass is 32.2. The summed E-state index contributed by atoms with van der Waals surface area (Å²) in [6.07, 6.45) is 6.65. The van der Waals surface area contributed by atoms with E-state index in [4.69, 9.17) is 4.98 Å². The lowest BCUT2D eigenvalue weighted by atomic mass is 10.0. The first-order valence-electron chi connectivity index (χ1n) is 8.73. The summed E-state index contributed by atoms with van der Waals surface area (Å²) in [4.78, 5) is 23.2. The van der Waals surface area contributed by atoms with Gasteiger partial charge in [0.1, 0.15) is 0 Å². The van der Waals surface area contributed by atoms with Gasteiger partial charge in [-0.05, 0) is 44.1 Å². The molecule has 2 aliphatic heterocycles. The lowest BCUT2D eigenvalue weighted by Gasteiger charge is -2.29. The molecule has 1 atom stereocenters. The molecule has 2 aliphatic rings. The van der Waals surface area contributed by atoms with Gasteiger partial charge in [0.2, 0.25) is 5.91 Å². The van der Waals surface area contributed by atoms with E-state index in [0.717, 1.165) is 56.1 Å². The highest BCUT2D eigenvalue weighted by Gasteiger charge is 2.33. The van der Waals surface area contributed by atoms with E-state index in [1.165, 1.54) is 16.0 Å². The Morgan fingerprint density at radius 3 is 2.88 bits per heavy atom. The molecular weight excluding hydrogens is 338 g/mol. The SMILES string of the molecule is CSc1cccc2sc(N3CCC(C(=O)N4CCCCC4)C3)nc12. The molecular formula is C18H23N3OS2. The predicted octanol–water partition coefficient (Wildman–Crippen LogP) is 3.86. The van der Waals surface area contributed by atoms with Crippen molar-refractivity contribution in [2.45, 2.75) is 30.6 Å².